The minimum Gasteiger partial charge on any atom is -0.497 e. The average molecular weight is 563 g/mol. The van der Waals surface area contributed by atoms with Gasteiger partial charge in [0.1, 0.15) is 16.4 Å². The fourth-order valence-electron chi connectivity index (χ4n) is 5.58. The van der Waals surface area contributed by atoms with Gasteiger partial charge >= 0.3 is 0 Å². The summed E-state index contributed by atoms with van der Waals surface area (Å²) in [5.41, 5.74) is 3.12. The summed E-state index contributed by atoms with van der Waals surface area (Å²) in [6.07, 6.45) is 4.03. The first kappa shape index (κ1) is 27.5. The van der Waals surface area contributed by atoms with Gasteiger partial charge in [-0.05, 0) is 81.2 Å². The Bertz CT molecular complexity index is 1440. The summed E-state index contributed by atoms with van der Waals surface area (Å²) in [7, 11) is 7.63. The number of amides is 1. The lowest BCUT2D eigenvalue weighted by Gasteiger charge is -2.39. The van der Waals surface area contributed by atoms with Crippen LogP contribution in [0.3, 0.4) is 0 Å². The molecule has 1 heterocycles. The molecule has 0 N–H and O–H groups in total. The second kappa shape index (κ2) is 12.0. The number of hydrogen-bond donors (Lipinski definition) is 0. The van der Waals surface area contributed by atoms with Crippen LogP contribution in [0, 0.1) is 0 Å². The topological polar surface area (TPSA) is 42.0 Å². The fraction of sp³-hybridized carbons (Fsp3) is 0.344. The molecule has 3 aromatic carbocycles. The van der Waals surface area contributed by atoms with Gasteiger partial charge in [0.2, 0.25) is 0 Å². The number of fused-ring (bicyclic) bond motifs is 1. The number of benzene rings is 3. The lowest BCUT2D eigenvalue weighted by molar-refractivity contribution is 0.0573. The Balaban J connectivity index is 1.51. The molecule has 1 amide bonds. The molecular formula is C32H35ClN2O3S. The number of thiophene rings is 1. The molecule has 5 nitrogen and oxygen atoms in total. The van der Waals surface area contributed by atoms with Crippen molar-refractivity contribution in [3.05, 3.63) is 82.2 Å². The number of carbonyl (C=O) groups excluding carboxylic acids is 1. The van der Waals surface area contributed by atoms with Crippen molar-refractivity contribution in [2.24, 2.45) is 0 Å². The van der Waals surface area contributed by atoms with Crippen LogP contribution in [-0.4, -0.2) is 56.1 Å². The van der Waals surface area contributed by atoms with E-state index in [9.17, 15) is 4.79 Å². The van der Waals surface area contributed by atoms with E-state index in [0.29, 0.717) is 22.5 Å². The second-order valence-corrected chi connectivity index (χ2v) is 11.8. The molecule has 1 aliphatic rings. The van der Waals surface area contributed by atoms with E-state index in [1.807, 2.05) is 59.5 Å². The Morgan fingerprint density at radius 2 is 1.56 bits per heavy atom. The quantitative estimate of drug-likeness (QED) is 0.220. The zero-order valence-corrected chi connectivity index (χ0v) is 24.5. The van der Waals surface area contributed by atoms with Gasteiger partial charge in [0.05, 0.1) is 19.2 Å². The van der Waals surface area contributed by atoms with E-state index in [2.05, 4.69) is 31.1 Å². The molecule has 0 spiro atoms. The molecule has 4 aromatic rings. The molecule has 0 bridgehead atoms. The van der Waals surface area contributed by atoms with Crippen LogP contribution in [0.5, 0.6) is 11.5 Å². The van der Waals surface area contributed by atoms with Gasteiger partial charge in [-0.3, -0.25) is 4.79 Å². The van der Waals surface area contributed by atoms with Crippen LogP contribution in [0.4, 0.5) is 0 Å². The normalized spacial score (nSPS) is 17.4. The molecule has 7 heteroatoms. The molecule has 1 aliphatic carbocycles. The van der Waals surface area contributed by atoms with Gasteiger partial charge in [0, 0.05) is 34.3 Å². The highest BCUT2D eigenvalue weighted by Crippen LogP contribution is 2.38. The van der Waals surface area contributed by atoms with Crippen molar-refractivity contribution in [2.45, 2.75) is 44.3 Å². The molecule has 1 fully saturated rings. The van der Waals surface area contributed by atoms with E-state index in [1.54, 1.807) is 14.2 Å². The van der Waals surface area contributed by atoms with Crippen molar-refractivity contribution >= 4 is 38.9 Å². The maximum Gasteiger partial charge on any atom is 0.266 e. The molecule has 1 aromatic heterocycles. The van der Waals surface area contributed by atoms with Crippen LogP contribution in [0.15, 0.2) is 66.7 Å². The van der Waals surface area contributed by atoms with E-state index < -0.39 is 0 Å². The van der Waals surface area contributed by atoms with Crippen molar-refractivity contribution in [3.63, 3.8) is 0 Å². The number of carbonyl (C=O) groups is 1. The van der Waals surface area contributed by atoms with Crippen LogP contribution in [0.2, 0.25) is 5.02 Å². The van der Waals surface area contributed by atoms with Crippen LogP contribution in [0.1, 0.15) is 40.9 Å². The second-order valence-electron chi connectivity index (χ2n) is 10.4. The summed E-state index contributed by atoms with van der Waals surface area (Å²) in [5.74, 6) is 1.58. The third-order valence-corrected chi connectivity index (χ3v) is 9.54. The van der Waals surface area contributed by atoms with E-state index in [4.69, 9.17) is 21.1 Å². The number of nitrogens with zero attached hydrogens (tertiary/aromatic N) is 2. The third-order valence-electron chi connectivity index (χ3n) is 7.87. The summed E-state index contributed by atoms with van der Waals surface area (Å²) in [6, 6.07) is 22.8. The molecule has 0 unspecified atom stereocenters. The Morgan fingerprint density at radius 1 is 0.897 bits per heavy atom. The number of halogens is 1. The Morgan fingerprint density at radius 3 is 2.21 bits per heavy atom. The molecule has 204 valence electrons. The van der Waals surface area contributed by atoms with Crippen molar-refractivity contribution in [3.8, 4) is 22.6 Å². The Hall–Kier alpha value is -3.06. The highest BCUT2D eigenvalue weighted by atomic mass is 35.5. The monoisotopic (exact) mass is 562 g/mol. The van der Waals surface area contributed by atoms with Crippen LogP contribution in [0.25, 0.3) is 21.2 Å². The van der Waals surface area contributed by atoms with Crippen molar-refractivity contribution in [1.29, 1.82) is 0 Å². The van der Waals surface area contributed by atoms with Gasteiger partial charge in [-0.1, -0.05) is 48.0 Å². The molecule has 0 atom stereocenters. The molecule has 1 saturated carbocycles. The van der Waals surface area contributed by atoms with E-state index in [1.165, 1.54) is 11.3 Å². The maximum atomic E-state index is 14.3. The smallest absolute Gasteiger partial charge is 0.266 e. The predicted molar refractivity (Wildman–Crippen MR) is 161 cm³/mol. The summed E-state index contributed by atoms with van der Waals surface area (Å²) < 4.78 is 12.1. The zero-order chi connectivity index (χ0) is 27.5. The lowest BCUT2D eigenvalue weighted by Crippen LogP contribution is -2.44. The minimum atomic E-state index is -0.00796. The van der Waals surface area contributed by atoms with Crippen LogP contribution < -0.4 is 9.47 Å². The standard InChI is InChI=1S/C32H35ClN2O3S/c1-34(2)24-12-14-25(15-13-24)35(32(36)31-30(33)27-7-5-6-8-29(27)39-31)20-23-19-22(11-18-28(23)38-4)21-9-16-26(37-3)17-10-21/h5-11,16-19,24-25H,12-15,20H2,1-4H3/t24-,25-. The largest absolute Gasteiger partial charge is 0.497 e. The van der Waals surface area contributed by atoms with Gasteiger partial charge in [-0.25, -0.2) is 0 Å². The lowest BCUT2D eigenvalue weighted by atomic mass is 9.89. The van der Waals surface area contributed by atoms with Gasteiger partial charge < -0.3 is 19.3 Å². The van der Waals surface area contributed by atoms with E-state index in [-0.39, 0.29) is 11.9 Å². The molecule has 0 saturated heterocycles. The minimum absolute atomic E-state index is 0.00796. The van der Waals surface area contributed by atoms with Crippen molar-refractivity contribution in [2.75, 3.05) is 28.3 Å². The van der Waals surface area contributed by atoms with Crippen molar-refractivity contribution in [1.82, 2.24) is 9.80 Å². The maximum absolute atomic E-state index is 14.3. The number of ether oxygens (including phenoxy) is 2. The van der Waals surface area contributed by atoms with E-state index in [0.717, 1.165) is 64.0 Å². The summed E-state index contributed by atoms with van der Waals surface area (Å²) in [4.78, 5) is 19.2. The molecule has 0 radical (unpaired) electrons. The zero-order valence-electron chi connectivity index (χ0n) is 22.9. The van der Waals surface area contributed by atoms with Crippen LogP contribution >= 0.6 is 22.9 Å². The van der Waals surface area contributed by atoms with E-state index >= 15 is 0 Å². The summed E-state index contributed by atoms with van der Waals surface area (Å²) in [6.45, 7) is 0.452. The van der Waals surface area contributed by atoms with Gasteiger partial charge in [0.25, 0.3) is 5.91 Å². The fourth-order valence-corrected chi connectivity index (χ4v) is 7.05. The molecule has 39 heavy (non-hydrogen) atoms. The highest BCUT2D eigenvalue weighted by molar-refractivity contribution is 7.21. The highest BCUT2D eigenvalue weighted by Gasteiger charge is 2.33. The van der Waals surface area contributed by atoms with Crippen LogP contribution in [-0.2, 0) is 6.54 Å². The SMILES string of the molecule is COc1ccc(-c2ccc(OC)c(CN(C(=O)c3sc4ccccc4c3Cl)[C@H]3CC[C@H](N(C)C)CC3)c2)cc1. The first-order chi connectivity index (χ1) is 18.9. The van der Waals surface area contributed by atoms with Crippen molar-refractivity contribution < 1.29 is 14.3 Å². The molecular weight excluding hydrogens is 528 g/mol. The van der Waals surface area contributed by atoms with Gasteiger partial charge in [-0.2, -0.15) is 0 Å². The number of methoxy groups -OCH3 is 2. The third kappa shape index (κ3) is 5.79. The molecule has 0 aliphatic heterocycles. The average Bonchev–Trinajstić information content (AvgIpc) is 3.32. The predicted octanol–water partition coefficient (Wildman–Crippen LogP) is 7.75. The van der Waals surface area contributed by atoms with Gasteiger partial charge in [-0.15, -0.1) is 11.3 Å². The summed E-state index contributed by atoms with van der Waals surface area (Å²) >= 11 is 8.29. The van der Waals surface area contributed by atoms with Gasteiger partial charge in [0.15, 0.2) is 0 Å². The number of hydrogen-bond acceptors (Lipinski definition) is 5. The first-order valence-electron chi connectivity index (χ1n) is 13.4. The summed E-state index contributed by atoms with van der Waals surface area (Å²) in [5, 5.41) is 1.48. The Labute approximate surface area is 239 Å². The molecule has 5 rings (SSSR count). The first-order valence-corrected chi connectivity index (χ1v) is 14.5. The number of rotatable bonds is 8. The Kier molecular flexibility index (Phi) is 8.46.